The molecule has 0 bridgehead atoms. The van der Waals surface area contributed by atoms with Gasteiger partial charge in [0.25, 0.3) is 0 Å². The molecule has 1 aliphatic rings. The van der Waals surface area contributed by atoms with Crippen LogP contribution in [0.4, 0.5) is 0 Å². The molecule has 1 rings (SSSR count). The average molecular weight is 265 g/mol. The summed E-state index contributed by atoms with van der Waals surface area (Å²) < 4.78 is 10.7. The van der Waals surface area contributed by atoms with Gasteiger partial charge in [-0.25, -0.2) is 0 Å². The van der Waals surface area contributed by atoms with Gasteiger partial charge in [0, 0.05) is 14.2 Å². The number of hydrogen-bond acceptors (Lipinski definition) is 2. The highest BCUT2D eigenvalue weighted by Gasteiger charge is 2.40. The molecule has 1 aliphatic carbocycles. The Morgan fingerprint density at radius 3 is 2.07 bits per heavy atom. The van der Waals surface area contributed by atoms with Gasteiger partial charge in [-0.3, -0.25) is 0 Å². The second-order valence-corrected chi connectivity index (χ2v) is 6.00. The van der Waals surface area contributed by atoms with Crippen molar-refractivity contribution in [2.24, 2.45) is 5.92 Å². The number of alkyl halides is 1. The van der Waals surface area contributed by atoms with Crippen LogP contribution < -0.4 is 0 Å². The van der Waals surface area contributed by atoms with E-state index in [0.717, 1.165) is 0 Å². The predicted octanol–water partition coefficient (Wildman–Crippen LogP) is 3.34. The van der Waals surface area contributed by atoms with Gasteiger partial charge >= 0.3 is 0 Å². The molecule has 0 saturated heterocycles. The molecule has 0 aromatic rings. The van der Waals surface area contributed by atoms with E-state index in [-0.39, 0.29) is 10.6 Å². The molecule has 0 radical (unpaired) electrons. The molecule has 1 atom stereocenters. The third-order valence-corrected chi connectivity index (χ3v) is 4.31. The Balaban J connectivity index is 2.60. The van der Waals surface area contributed by atoms with Crippen LogP contribution in [0.5, 0.6) is 0 Å². The lowest BCUT2D eigenvalue weighted by atomic mass is 9.80. The van der Waals surface area contributed by atoms with Crippen LogP contribution >= 0.6 is 15.9 Å². The SMILES string of the molecule is COC(OC)C(C)(Br)C1CCCCC1. The van der Waals surface area contributed by atoms with Gasteiger partial charge in [0.2, 0.25) is 0 Å². The highest BCUT2D eigenvalue weighted by Crippen LogP contribution is 2.41. The van der Waals surface area contributed by atoms with E-state index in [1.807, 2.05) is 0 Å². The minimum atomic E-state index is -0.148. The zero-order valence-electron chi connectivity index (χ0n) is 9.38. The minimum absolute atomic E-state index is 0.0447. The van der Waals surface area contributed by atoms with Crippen molar-refractivity contribution in [2.45, 2.75) is 49.6 Å². The molecule has 1 saturated carbocycles. The Hall–Kier alpha value is 0.400. The zero-order chi connectivity index (χ0) is 10.6. The number of rotatable bonds is 4. The molecule has 2 nitrogen and oxygen atoms in total. The average Bonchev–Trinajstić information content (AvgIpc) is 2.20. The third kappa shape index (κ3) is 2.71. The van der Waals surface area contributed by atoms with E-state index >= 15 is 0 Å². The maximum atomic E-state index is 5.35. The van der Waals surface area contributed by atoms with Crippen molar-refractivity contribution in [3.8, 4) is 0 Å². The maximum Gasteiger partial charge on any atom is 0.171 e. The molecule has 0 spiro atoms. The van der Waals surface area contributed by atoms with Gasteiger partial charge < -0.3 is 9.47 Å². The normalized spacial score (nSPS) is 23.8. The lowest BCUT2D eigenvalue weighted by Crippen LogP contribution is -2.43. The second kappa shape index (κ2) is 5.47. The summed E-state index contributed by atoms with van der Waals surface area (Å²) in [6.07, 6.45) is 6.48. The summed E-state index contributed by atoms with van der Waals surface area (Å²) in [5.41, 5.74) is 0. The Bertz CT molecular complexity index is 161. The fraction of sp³-hybridized carbons (Fsp3) is 1.00. The van der Waals surface area contributed by atoms with Crippen LogP contribution in [0.1, 0.15) is 39.0 Å². The molecule has 0 aromatic heterocycles. The first-order valence-electron chi connectivity index (χ1n) is 5.37. The fourth-order valence-corrected chi connectivity index (χ4v) is 3.25. The molecule has 84 valence electrons. The first kappa shape index (κ1) is 12.5. The molecule has 0 aromatic carbocycles. The molecule has 0 heterocycles. The first-order valence-corrected chi connectivity index (χ1v) is 6.16. The minimum Gasteiger partial charge on any atom is -0.354 e. The topological polar surface area (TPSA) is 18.5 Å². The van der Waals surface area contributed by atoms with Crippen molar-refractivity contribution in [3.05, 3.63) is 0 Å². The van der Waals surface area contributed by atoms with Crippen molar-refractivity contribution in [3.63, 3.8) is 0 Å². The van der Waals surface area contributed by atoms with Crippen molar-refractivity contribution < 1.29 is 9.47 Å². The summed E-state index contributed by atoms with van der Waals surface area (Å²) in [7, 11) is 3.41. The highest BCUT2D eigenvalue weighted by atomic mass is 79.9. The quantitative estimate of drug-likeness (QED) is 0.573. The van der Waals surface area contributed by atoms with Crippen LogP contribution in [0.3, 0.4) is 0 Å². The number of hydrogen-bond donors (Lipinski definition) is 0. The molecule has 0 N–H and O–H groups in total. The summed E-state index contributed by atoms with van der Waals surface area (Å²) in [6.45, 7) is 2.18. The summed E-state index contributed by atoms with van der Waals surface area (Å²) in [5.74, 6) is 0.668. The summed E-state index contributed by atoms with van der Waals surface area (Å²) in [6, 6.07) is 0. The van der Waals surface area contributed by atoms with Crippen molar-refractivity contribution in [1.29, 1.82) is 0 Å². The van der Waals surface area contributed by atoms with E-state index < -0.39 is 0 Å². The van der Waals surface area contributed by atoms with Gasteiger partial charge in [-0.05, 0) is 25.7 Å². The van der Waals surface area contributed by atoms with Crippen LogP contribution in [0.15, 0.2) is 0 Å². The van der Waals surface area contributed by atoms with Crippen LogP contribution in [-0.4, -0.2) is 24.8 Å². The monoisotopic (exact) mass is 264 g/mol. The van der Waals surface area contributed by atoms with Crippen LogP contribution in [-0.2, 0) is 9.47 Å². The number of methoxy groups -OCH3 is 2. The van der Waals surface area contributed by atoms with Gasteiger partial charge in [0.05, 0.1) is 4.32 Å². The maximum absolute atomic E-state index is 5.35. The van der Waals surface area contributed by atoms with Gasteiger partial charge in [-0.2, -0.15) is 0 Å². The molecule has 1 fully saturated rings. The molecule has 1 unspecified atom stereocenters. The van der Waals surface area contributed by atoms with Crippen LogP contribution in [0.2, 0.25) is 0 Å². The molecule has 0 amide bonds. The van der Waals surface area contributed by atoms with Crippen LogP contribution in [0.25, 0.3) is 0 Å². The number of ether oxygens (including phenoxy) is 2. The van der Waals surface area contributed by atoms with Crippen molar-refractivity contribution in [1.82, 2.24) is 0 Å². The fourth-order valence-electron chi connectivity index (χ4n) is 2.42. The Labute approximate surface area is 95.5 Å². The second-order valence-electron chi connectivity index (χ2n) is 4.29. The van der Waals surface area contributed by atoms with E-state index in [0.29, 0.717) is 5.92 Å². The molecule has 0 aliphatic heterocycles. The lowest BCUT2D eigenvalue weighted by Gasteiger charge is -2.39. The highest BCUT2D eigenvalue weighted by molar-refractivity contribution is 9.10. The molecule has 3 heteroatoms. The van der Waals surface area contributed by atoms with Gasteiger partial charge in [-0.15, -0.1) is 0 Å². The Morgan fingerprint density at radius 1 is 1.14 bits per heavy atom. The van der Waals surface area contributed by atoms with E-state index in [1.54, 1.807) is 14.2 Å². The van der Waals surface area contributed by atoms with Crippen LogP contribution in [0, 0.1) is 5.92 Å². The largest absolute Gasteiger partial charge is 0.354 e. The zero-order valence-corrected chi connectivity index (χ0v) is 11.0. The van der Waals surface area contributed by atoms with Crippen molar-refractivity contribution in [2.75, 3.05) is 14.2 Å². The molecule has 14 heavy (non-hydrogen) atoms. The van der Waals surface area contributed by atoms with Gasteiger partial charge in [0.15, 0.2) is 6.29 Å². The standard InChI is InChI=1S/C11H21BrO2/c1-11(12,10(13-2)14-3)9-7-5-4-6-8-9/h9-10H,4-8H2,1-3H3. The predicted molar refractivity (Wildman–Crippen MR) is 61.7 cm³/mol. The van der Waals surface area contributed by atoms with E-state index in [1.165, 1.54) is 32.1 Å². The summed E-state index contributed by atoms with van der Waals surface area (Å²) in [4.78, 5) is 0. The van der Waals surface area contributed by atoms with E-state index in [9.17, 15) is 0 Å². The molecular formula is C11H21BrO2. The smallest absolute Gasteiger partial charge is 0.171 e. The van der Waals surface area contributed by atoms with E-state index in [2.05, 4.69) is 22.9 Å². The Kier molecular flexibility index (Phi) is 4.88. The first-order chi connectivity index (χ1) is 6.62. The lowest BCUT2D eigenvalue weighted by molar-refractivity contribution is -0.132. The van der Waals surface area contributed by atoms with Gasteiger partial charge in [-0.1, -0.05) is 35.2 Å². The molecular weight excluding hydrogens is 244 g/mol. The summed E-state index contributed by atoms with van der Waals surface area (Å²) in [5, 5.41) is 0. The number of halogens is 1. The van der Waals surface area contributed by atoms with Crippen molar-refractivity contribution >= 4 is 15.9 Å². The Morgan fingerprint density at radius 2 is 1.64 bits per heavy atom. The van der Waals surface area contributed by atoms with Gasteiger partial charge in [0.1, 0.15) is 0 Å². The third-order valence-electron chi connectivity index (χ3n) is 3.29. The summed E-state index contributed by atoms with van der Waals surface area (Å²) >= 11 is 3.78. The van der Waals surface area contributed by atoms with E-state index in [4.69, 9.17) is 9.47 Å².